The summed E-state index contributed by atoms with van der Waals surface area (Å²) in [6, 6.07) is 6.82. The zero-order valence-corrected chi connectivity index (χ0v) is 13.2. The normalized spacial score (nSPS) is 21.0. The van der Waals surface area contributed by atoms with Crippen molar-refractivity contribution in [2.75, 3.05) is 33.4 Å². The molecule has 0 saturated carbocycles. The third kappa shape index (κ3) is 4.67. The predicted molar refractivity (Wildman–Crippen MR) is 81.7 cm³/mol. The maximum atomic E-state index is 12.6. The molecule has 1 fully saturated rings. The fourth-order valence-electron chi connectivity index (χ4n) is 2.40. The maximum Gasteiger partial charge on any atom is 0.334 e. The highest BCUT2D eigenvalue weighted by Crippen LogP contribution is 2.18. The lowest BCUT2D eigenvalue weighted by atomic mass is 10.1. The number of benzene rings is 1. The molecule has 0 radical (unpaired) electrons. The molecule has 0 aliphatic carbocycles. The van der Waals surface area contributed by atoms with Crippen molar-refractivity contribution in [3.63, 3.8) is 0 Å². The van der Waals surface area contributed by atoms with Gasteiger partial charge in [-0.2, -0.15) is 0 Å². The summed E-state index contributed by atoms with van der Waals surface area (Å²) < 4.78 is 15.7. The number of nitrogens with zero attached hydrogens (tertiary/aromatic N) is 1. The number of carboxylic acid groups (broad SMARTS) is 1. The number of morpholine rings is 1. The summed E-state index contributed by atoms with van der Waals surface area (Å²) >= 11 is 0. The number of carbonyl (C=O) groups is 2. The first-order valence-electron chi connectivity index (χ1n) is 7.40. The maximum absolute atomic E-state index is 12.6. The molecule has 1 aromatic carbocycles. The van der Waals surface area contributed by atoms with Crippen LogP contribution in [-0.2, 0) is 14.3 Å². The molecule has 7 heteroatoms. The van der Waals surface area contributed by atoms with E-state index < -0.39 is 12.1 Å². The van der Waals surface area contributed by atoms with Crippen molar-refractivity contribution in [2.24, 2.45) is 0 Å². The van der Waals surface area contributed by atoms with Gasteiger partial charge in [0.1, 0.15) is 12.4 Å². The number of amides is 1. The van der Waals surface area contributed by atoms with E-state index in [1.54, 1.807) is 38.3 Å². The van der Waals surface area contributed by atoms with Gasteiger partial charge in [0, 0.05) is 19.2 Å². The van der Waals surface area contributed by atoms with Gasteiger partial charge >= 0.3 is 5.97 Å². The number of hydrogen-bond acceptors (Lipinski definition) is 5. The third-order valence-electron chi connectivity index (χ3n) is 3.46. The Morgan fingerprint density at radius 2 is 2.13 bits per heavy atom. The van der Waals surface area contributed by atoms with Crippen LogP contribution in [0.25, 0.3) is 0 Å². The van der Waals surface area contributed by atoms with Crippen LogP contribution in [0, 0.1) is 0 Å². The van der Waals surface area contributed by atoms with Crippen molar-refractivity contribution in [2.45, 2.75) is 19.1 Å². The summed E-state index contributed by atoms with van der Waals surface area (Å²) in [5.41, 5.74) is 0.457. The number of carbonyl (C=O) groups excluding carboxylic acids is 1. The first-order valence-corrected chi connectivity index (χ1v) is 7.40. The van der Waals surface area contributed by atoms with Gasteiger partial charge in [-0.3, -0.25) is 4.79 Å². The minimum Gasteiger partial charge on any atom is -0.491 e. The second kappa shape index (κ2) is 7.94. The summed E-state index contributed by atoms with van der Waals surface area (Å²) in [6.07, 6.45) is -1.32. The molecule has 2 atom stereocenters. The van der Waals surface area contributed by atoms with Crippen molar-refractivity contribution in [3.05, 3.63) is 29.8 Å². The quantitative estimate of drug-likeness (QED) is 0.787. The number of methoxy groups -OCH3 is 1. The van der Waals surface area contributed by atoms with Crippen LogP contribution >= 0.6 is 0 Å². The predicted octanol–water partition coefficient (Wildman–Crippen LogP) is 1.03. The van der Waals surface area contributed by atoms with Gasteiger partial charge in [0.05, 0.1) is 19.3 Å². The fraction of sp³-hybridized carbons (Fsp3) is 0.500. The van der Waals surface area contributed by atoms with Crippen molar-refractivity contribution >= 4 is 11.9 Å². The van der Waals surface area contributed by atoms with Crippen LogP contribution in [0.15, 0.2) is 24.3 Å². The first-order chi connectivity index (χ1) is 11.0. The average molecular weight is 323 g/mol. The van der Waals surface area contributed by atoms with Gasteiger partial charge in [-0.15, -0.1) is 0 Å². The van der Waals surface area contributed by atoms with Gasteiger partial charge in [-0.1, -0.05) is 6.07 Å². The molecule has 1 amide bonds. The van der Waals surface area contributed by atoms with Gasteiger partial charge in [0.25, 0.3) is 5.91 Å². The monoisotopic (exact) mass is 323 g/mol. The Hall–Kier alpha value is -2.12. The van der Waals surface area contributed by atoms with Crippen LogP contribution in [0.5, 0.6) is 5.75 Å². The smallest absolute Gasteiger partial charge is 0.334 e. The molecule has 7 nitrogen and oxygen atoms in total. The van der Waals surface area contributed by atoms with Crippen LogP contribution in [0.1, 0.15) is 17.3 Å². The van der Waals surface area contributed by atoms with Gasteiger partial charge in [0.2, 0.25) is 0 Å². The zero-order valence-electron chi connectivity index (χ0n) is 13.2. The highest BCUT2D eigenvalue weighted by atomic mass is 16.5. The minimum atomic E-state index is -1.06. The van der Waals surface area contributed by atoms with Crippen LogP contribution in [0.2, 0.25) is 0 Å². The lowest BCUT2D eigenvalue weighted by molar-refractivity contribution is -0.160. The largest absolute Gasteiger partial charge is 0.491 e. The highest BCUT2D eigenvalue weighted by Gasteiger charge is 2.33. The molecule has 1 aliphatic rings. The van der Waals surface area contributed by atoms with E-state index >= 15 is 0 Å². The molecule has 2 rings (SSSR count). The standard InChI is InChI=1S/C16H21NO6/c1-11-9-17(10-14(23-11)16(19)20)15(18)12-4-3-5-13(8-12)22-7-6-21-2/h3-5,8,11,14H,6-7,9-10H2,1-2H3,(H,19,20)/t11-,14?/m1/s1. The Balaban J connectivity index is 2.07. The van der Waals surface area contributed by atoms with Crippen molar-refractivity contribution < 1.29 is 28.9 Å². The van der Waals surface area contributed by atoms with Crippen LogP contribution in [0.3, 0.4) is 0 Å². The van der Waals surface area contributed by atoms with Crippen LogP contribution < -0.4 is 4.74 Å². The number of rotatable bonds is 6. The second-order valence-electron chi connectivity index (χ2n) is 5.35. The summed E-state index contributed by atoms with van der Waals surface area (Å²) in [5.74, 6) is -0.724. The first kappa shape index (κ1) is 17.2. The minimum absolute atomic E-state index is 0.0350. The molecule has 0 aromatic heterocycles. The van der Waals surface area contributed by atoms with E-state index in [1.165, 1.54) is 4.90 Å². The van der Waals surface area contributed by atoms with Gasteiger partial charge < -0.3 is 24.2 Å². The summed E-state index contributed by atoms with van der Waals surface area (Å²) in [5, 5.41) is 9.10. The second-order valence-corrected chi connectivity index (χ2v) is 5.35. The van der Waals surface area contributed by atoms with Crippen molar-refractivity contribution in [1.29, 1.82) is 0 Å². The average Bonchev–Trinajstić information content (AvgIpc) is 2.54. The molecule has 1 N–H and O–H groups in total. The van der Waals surface area contributed by atoms with Crippen molar-refractivity contribution in [3.8, 4) is 5.75 Å². The molecule has 0 bridgehead atoms. The molecule has 0 spiro atoms. The summed E-state index contributed by atoms with van der Waals surface area (Å²) in [4.78, 5) is 25.2. The van der Waals surface area contributed by atoms with E-state index in [0.717, 1.165) is 0 Å². The lowest BCUT2D eigenvalue weighted by Crippen LogP contribution is -2.51. The zero-order chi connectivity index (χ0) is 16.8. The molecule has 1 saturated heterocycles. The van der Waals surface area contributed by atoms with E-state index in [0.29, 0.717) is 31.1 Å². The number of aliphatic carboxylic acids is 1. The van der Waals surface area contributed by atoms with E-state index in [2.05, 4.69) is 0 Å². The summed E-state index contributed by atoms with van der Waals surface area (Å²) in [6.45, 7) is 2.99. The number of hydrogen-bond donors (Lipinski definition) is 1. The molecule has 1 aromatic rings. The Morgan fingerprint density at radius 3 is 2.83 bits per heavy atom. The molecule has 126 valence electrons. The SMILES string of the molecule is COCCOc1cccc(C(=O)N2CC(C(=O)O)O[C@H](C)C2)c1. The van der Waals surface area contributed by atoms with Crippen LogP contribution in [-0.4, -0.2) is 67.5 Å². The van der Waals surface area contributed by atoms with E-state index in [9.17, 15) is 9.59 Å². The van der Waals surface area contributed by atoms with Crippen LogP contribution in [0.4, 0.5) is 0 Å². The summed E-state index contributed by atoms with van der Waals surface area (Å²) in [7, 11) is 1.59. The molecule has 1 heterocycles. The van der Waals surface area contributed by atoms with E-state index in [1.807, 2.05) is 0 Å². The Bertz CT molecular complexity index is 561. The Kier molecular flexibility index (Phi) is 5.95. The molecule has 23 heavy (non-hydrogen) atoms. The topological polar surface area (TPSA) is 85.3 Å². The Morgan fingerprint density at radius 1 is 1.35 bits per heavy atom. The molecule has 1 aliphatic heterocycles. The molecule has 1 unspecified atom stereocenters. The highest BCUT2D eigenvalue weighted by molar-refractivity contribution is 5.95. The Labute approximate surface area is 134 Å². The molecular formula is C16H21NO6. The molecular weight excluding hydrogens is 302 g/mol. The van der Waals surface area contributed by atoms with E-state index in [-0.39, 0.29) is 18.6 Å². The lowest BCUT2D eigenvalue weighted by Gasteiger charge is -2.35. The fourth-order valence-corrected chi connectivity index (χ4v) is 2.40. The number of carboxylic acids is 1. The van der Waals surface area contributed by atoms with Crippen molar-refractivity contribution in [1.82, 2.24) is 4.90 Å². The number of ether oxygens (including phenoxy) is 3. The van der Waals surface area contributed by atoms with Gasteiger partial charge in [0.15, 0.2) is 6.10 Å². The van der Waals surface area contributed by atoms with Gasteiger partial charge in [-0.25, -0.2) is 4.79 Å². The third-order valence-corrected chi connectivity index (χ3v) is 3.46. The van der Waals surface area contributed by atoms with E-state index in [4.69, 9.17) is 19.3 Å². The van der Waals surface area contributed by atoms with Gasteiger partial charge in [-0.05, 0) is 25.1 Å².